The van der Waals surface area contributed by atoms with Gasteiger partial charge in [-0.15, -0.1) is 0 Å². The molecular weight excluding hydrogens is 224 g/mol. The largest absolute Gasteiger partial charge is 0.271 e. The maximum Gasteiger partial charge on any atom is 0.271 e. The molecule has 0 aliphatic heterocycles. The van der Waals surface area contributed by atoms with Crippen LogP contribution in [0, 0.1) is 0 Å². The summed E-state index contributed by atoms with van der Waals surface area (Å²) < 4.78 is 0. The zero-order valence-electron chi connectivity index (χ0n) is 10.4. The lowest BCUT2D eigenvalue weighted by Gasteiger charge is -2.02. The topological polar surface area (TPSA) is 41.5 Å². The van der Waals surface area contributed by atoms with Crippen molar-refractivity contribution >= 4 is 22.9 Å². The summed E-state index contributed by atoms with van der Waals surface area (Å²) in [6.45, 7) is 2.07. The quantitative estimate of drug-likeness (QED) is 0.646. The summed E-state index contributed by atoms with van der Waals surface area (Å²) in [6, 6.07) is 13.6. The van der Waals surface area contributed by atoms with E-state index < -0.39 is 0 Å². The molecular formula is C15H16N2O. The van der Waals surface area contributed by atoms with Crippen LogP contribution in [0.1, 0.15) is 30.1 Å². The number of hydrogen-bond acceptors (Lipinski definition) is 2. The first kappa shape index (κ1) is 12.3. The standard InChI is InChI=1S/C15H16N2O/c1-2-3-10-16-17-15(18)14-9-8-12-6-4-5-7-13(12)11-14/h4-11H,2-3H2,1H3,(H,17,18). The zero-order chi connectivity index (χ0) is 12.8. The highest BCUT2D eigenvalue weighted by Gasteiger charge is 2.04. The minimum Gasteiger partial charge on any atom is -0.267 e. The van der Waals surface area contributed by atoms with Crippen LogP contribution in [-0.2, 0) is 0 Å². The van der Waals surface area contributed by atoms with Gasteiger partial charge in [-0.2, -0.15) is 5.10 Å². The van der Waals surface area contributed by atoms with E-state index in [0.717, 1.165) is 23.6 Å². The lowest BCUT2D eigenvalue weighted by Crippen LogP contribution is -2.17. The van der Waals surface area contributed by atoms with Crippen LogP contribution >= 0.6 is 0 Å². The van der Waals surface area contributed by atoms with E-state index >= 15 is 0 Å². The SMILES string of the molecule is CCCC=NNC(=O)c1ccc2ccccc2c1. The number of amides is 1. The molecule has 0 saturated carbocycles. The lowest BCUT2D eigenvalue weighted by molar-refractivity contribution is 0.0955. The van der Waals surface area contributed by atoms with Gasteiger partial charge in [0.2, 0.25) is 0 Å². The molecule has 0 heterocycles. The average Bonchev–Trinajstić information content (AvgIpc) is 2.43. The van der Waals surface area contributed by atoms with Crippen molar-refractivity contribution in [2.75, 3.05) is 0 Å². The molecule has 2 aromatic carbocycles. The molecule has 0 atom stereocenters. The van der Waals surface area contributed by atoms with Crippen LogP contribution in [0.25, 0.3) is 10.8 Å². The number of carbonyl (C=O) groups excluding carboxylic acids is 1. The van der Waals surface area contributed by atoms with Crippen LogP contribution in [0.4, 0.5) is 0 Å². The van der Waals surface area contributed by atoms with Gasteiger partial charge in [0, 0.05) is 11.8 Å². The Morgan fingerprint density at radius 2 is 2.00 bits per heavy atom. The summed E-state index contributed by atoms with van der Waals surface area (Å²) in [5.74, 6) is -0.173. The van der Waals surface area contributed by atoms with Gasteiger partial charge in [0.15, 0.2) is 0 Å². The first-order chi connectivity index (χ1) is 8.81. The van der Waals surface area contributed by atoms with E-state index in [2.05, 4.69) is 17.5 Å². The first-order valence-electron chi connectivity index (χ1n) is 6.12. The Morgan fingerprint density at radius 3 is 2.78 bits per heavy atom. The molecule has 0 radical (unpaired) electrons. The molecule has 0 aliphatic carbocycles. The molecule has 0 aliphatic rings. The van der Waals surface area contributed by atoms with E-state index in [-0.39, 0.29) is 5.91 Å². The number of rotatable bonds is 4. The van der Waals surface area contributed by atoms with E-state index in [0.29, 0.717) is 5.56 Å². The summed E-state index contributed by atoms with van der Waals surface area (Å²) >= 11 is 0. The van der Waals surface area contributed by atoms with Crippen molar-refractivity contribution in [3.05, 3.63) is 48.0 Å². The van der Waals surface area contributed by atoms with Gasteiger partial charge >= 0.3 is 0 Å². The molecule has 0 bridgehead atoms. The van der Waals surface area contributed by atoms with Crippen LogP contribution in [0.5, 0.6) is 0 Å². The first-order valence-corrected chi connectivity index (χ1v) is 6.12. The number of carbonyl (C=O) groups is 1. The summed E-state index contributed by atoms with van der Waals surface area (Å²) in [5, 5.41) is 6.08. The van der Waals surface area contributed by atoms with Gasteiger partial charge in [-0.05, 0) is 29.3 Å². The number of unbranched alkanes of at least 4 members (excludes halogenated alkanes) is 1. The fourth-order valence-electron chi connectivity index (χ4n) is 1.69. The third-order valence-electron chi connectivity index (χ3n) is 2.69. The summed E-state index contributed by atoms with van der Waals surface area (Å²) in [7, 11) is 0. The van der Waals surface area contributed by atoms with E-state index in [1.54, 1.807) is 6.21 Å². The second-order valence-electron chi connectivity index (χ2n) is 4.10. The van der Waals surface area contributed by atoms with Crippen LogP contribution in [0.15, 0.2) is 47.6 Å². The average molecular weight is 240 g/mol. The Hall–Kier alpha value is -2.16. The molecule has 1 amide bonds. The second kappa shape index (κ2) is 5.96. The summed E-state index contributed by atoms with van der Waals surface area (Å²) in [4.78, 5) is 11.8. The van der Waals surface area contributed by atoms with Crippen molar-refractivity contribution in [3.63, 3.8) is 0 Å². The Kier molecular flexibility index (Phi) is 4.07. The van der Waals surface area contributed by atoms with Crippen LogP contribution in [0.2, 0.25) is 0 Å². The van der Waals surface area contributed by atoms with Gasteiger partial charge in [0.25, 0.3) is 5.91 Å². The van der Waals surface area contributed by atoms with E-state index in [1.165, 1.54) is 0 Å². The molecule has 92 valence electrons. The molecule has 1 N–H and O–H groups in total. The Balaban J connectivity index is 2.13. The molecule has 2 rings (SSSR count). The van der Waals surface area contributed by atoms with Crippen molar-refractivity contribution in [2.45, 2.75) is 19.8 Å². The maximum atomic E-state index is 11.8. The second-order valence-corrected chi connectivity index (χ2v) is 4.10. The predicted octanol–water partition coefficient (Wildman–Crippen LogP) is 3.36. The lowest BCUT2D eigenvalue weighted by atomic mass is 10.1. The fraction of sp³-hybridized carbons (Fsp3) is 0.200. The van der Waals surface area contributed by atoms with Crippen molar-refractivity contribution in [1.29, 1.82) is 0 Å². The van der Waals surface area contributed by atoms with Crippen LogP contribution in [0.3, 0.4) is 0 Å². The maximum absolute atomic E-state index is 11.8. The smallest absolute Gasteiger partial charge is 0.267 e. The monoisotopic (exact) mass is 240 g/mol. The highest BCUT2D eigenvalue weighted by Crippen LogP contribution is 2.15. The molecule has 3 heteroatoms. The predicted molar refractivity (Wildman–Crippen MR) is 74.8 cm³/mol. The number of nitrogens with one attached hydrogen (secondary N) is 1. The van der Waals surface area contributed by atoms with Gasteiger partial charge in [-0.25, -0.2) is 5.43 Å². The number of fused-ring (bicyclic) bond motifs is 1. The van der Waals surface area contributed by atoms with Crippen LogP contribution < -0.4 is 5.43 Å². The minimum absolute atomic E-state index is 0.173. The van der Waals surface area contributed by atoms with E-state index in [1.807, 2.05) is 42.5 Å². The minimum atomic E-state index is -0.173. The highest BCUT2D eigenvalue weighted by atomic mass is 16.2. The summed E-state index contributed by atoms with van der Waals surface area (Å²) in [5.41, 5.74) is 3.16. The van der Waals surface area contributed by atoms with Crippen molar-refractivity contribution < 1.29 is 4.79 Å². The number of hydrogen-bond donors (Lipinski definition) is 1. The van der Waals surface area contributed by atoms with Gasteiger partial charge < -0.3 is 0 Å². The number of nitrogens with zero attached hydrogens (tertiary/aromatic N) is 1. The Morgan fingerprint density at radius 1 is 1.22 bits per heavy atom. The number of benzene rings is 2. The van der Waals surface area contributed by atoms with Crippen molar-refractivity contribution in [3.8, 4) is 0 Å². The van der Waals surface area contributed by atoms with Gasteiger partial charge in [0.1, 0.15) is 0 Å². The molecule has 0 fully saturated rings. The molecule has 18 heavy (non-hydrogen) atoms. The number of hydrazone groups is 1. The van der Waals surface area contributed by atoms with Crippen molar-refractivity contribution in [1.82, 2.24) is 5.43 Å². The molecule has 2 aromatic rings. The van der Waals surface area contributed by atoms with E-state index in [4.69, 9.17) is 0 Å². The molecule has 0 aromatic heterocycles. The molecule has 0 saturated heterocycles. The van der Waals surface area contributed by atoms with Gasteiger partial charge in [-0.3, -0.25) is 4.79 Å². The molecule has 3 nitrogen and oxygen atoms in total. The molecule has 0 spiro atoms. The zero-order valence-corrected chi connectivity index (χ0v) is 10.4. The fourth-order valence-corrected chi connectivity index (χ4v) is 1.69. The van der Waals surface area contributed by atoms with Gasteiger partial charge in [-0.1, -0.05) is 43.7 Å². The van der Waals surface area contributed by atoms with Crippen molar-refractivity contribution in [2.24, 2.45) is 5.10 Å². The molecule has 0 unspecified atom stereocenters. The third kappa shape index (κ3) is 2.94. The normalized spacial score (nSPS) is 10.9. The Labute approximate surface area is 107 Å². The Bertz CT molecular complexity index is 575. The van der Waals surface area contributed by atoms with Crippen LogP contribution in [-0.4, -0.2) is 12.1 Å². The summed E-state index contributed by atoms with van der Waals surface area (Å²) in [6.07, 6.45) is 3.62. The third-order valence-corrected chi connectivity index (χ3v) is 2.69. The highest BCUT2D eigenvalue weighted by molar-refractivity contribution is 5.98. The van der Waals surface area contributed by atoms with E-state index in [9.17, 15) is 4.79 Å². The van der Waals surface area contributed by atoms with Gasteiger partial charge in [0.05, 0.1) is 0 Å².